The molecule has 2 radical (unpaired) electrons. The topological polar surface area (TPSA) is 0 Å². The molecule has 0 aliphatic carbocycles. The summed E-state index contributed by atoms with van der Waals surface area (Å²) in [6.45, 7) is 2.19. The molecule has 0 N–H and O–H groups in total. The monoisotopic (exact) mass is 190 g/mol. The van der Waals surface area contributed by atoms with Crippen LogP contribution < -0.4 is 0 Å². The molecule has 0 nitrogen and oxygen atoms in total. The van der Waals surface area contributed by atoms with Gasteiger partial charge in [0.25, 0.3) is 0 Å². The maximum Gasteiger partial charge on any atom is 0.0271 e. The Labute approximate surface area is 67.2 Å². The molecule has 0 aromatic heterocycles. The maximum absolute atomic E-state index is 3.28. The molecule has 9 heavy (non-hydrogen) atoms. The Morgan fingerprint density at radius 2 is 1.89 bits per heavy atom. The molecule has 0 saturated carbocycles. The van der Waals surface area contributed by atoms with Gasteiger partial charge in [-0.3, -0.25) is 0 Å². The first-order valence-electron chi connectivity index (χ1n) is 3.65. The molecule has 0 amide bonds. The minimum atomic E-state index is 1.21. The molecular weight excluding hydrogens is 176 g/mol. The zero-order valence-electron chi connectivity index (χ0n) is 6.07. The van der Waals surface area contributed by atoms with E-state index in [1.807, 2.05) is 0 Å². The minimum Gasteiger partial charge on any atom is -0.0879 e. The fourth-order valence-corrected chi connectivity index (χ4v) is 1.04. The van der Waals surface area contributed by atoms with Crippen LogP contribution in [0.15, 0.2) is 0 Å². The SMILES string of the molecule is CC[CH]CCCC[CH]Br. The van der Waals surface area contributed by atoms with E-state index in [2.05, 4.69) is 34.6 Å². The van der Waals surface area contributed by atoms with Crippen LogP contribution in [0.4, 0.5) is 0 Å². The van der Waals surface area contributed by atoms with Gasteiger partial charge in [0.05, 0.1) is 0 Å². The number of halogens is 1. The van der Waals surface area contributed by atoms with Crippen molar-refractivity contribution in [1.29, 1.82) is 0 Å². The van der Waals surface area contributed by atoms with Gasteiger partial charge in [0.2, 0.25) is 0 Å². The van der Waals surface area contributed by atoms with Crippen LogP contribution in [0.5, 0.6) is 0 Å². The van der Waals surface area contributed by atoms with Gasteiger partial charge in [-0.15, -0.1) is 0 Å². The summed E-state index contributed by atoms with van der Waals surface area (Å²) in [5.41, 5.74) is 0. The molecule has 0 saturated heterocycles. The molecule has 0 aliphatic rings. The Kier molecular flexibility index (Phi) is 8.93. The first kappa shape index (κ1) is 9.48. The summed E-state index contributed by atoms with van der Waals surface area (Å²) >= 11 is 3.28. The summed E-state index contributed by atoms with van der Waals surface area (Å²) in [7, 11) is 0. The van der Waals surface area contributed by atoms with Crippen molar-refractivity contribution < 1.29 is 0 Å². The molecule has 0 aromatic rings. The quantitative estimate of drug-likeness (QED) is 0.561. The van der Waals surface area contributed by atoms with Crippen molar-refractivity contribution in [2.24, 2.45) is 0 Å². The van der Waals surface area contributed by atoms with E-state index in [0.717, 1.165) is 0 Å². The number of rotatable bonds is 6. The predicted octanol–water partition coefficient (Wildman–Crippen LogP) is 3.72. The highest BCUT2D eigenvalue weighted by Crippen LogP contribution is 2.07. The van der Waals surface area contributed by atoms with Gasteiger partial charge >= 0.3 is 0 Å². The second-order valence-electron chi connectivity index (χ2n) is 2.14. The third kappa shape index (κ3) is 8.48. The van der Waals surface area contributed by atoms with E-state index in [-0.39, 0.29) is 0 Å². The van der Waals surface area contributed by atoms with Gasteiger partial charge in [-0.25, -0.2) is 0 Å². The lowest BCUT2D eigenvalue weighted by molar-refractivity contribution is 0.720. The predicted molar refractivity (Wildman–Crippen MR) is 46.3 cm³/mol. The van der Waals surface area contributed by atoms with E-state index < -0.39 is 0 Å². The average Bonchev–Trinajstić information content (AvgIpc) is 1.89. The van der Waals surface area contributed by atoms with E-state index in [4.69, 9.17) is 0 Å². The molecular formula is C8H15Br. The molecule has 0 spiro atoms. The zero-order chi connectivity index (χ0) is 6.95. The van der Waals surface area contributed by atoms with Gasteiger partial charge in [-0.2, -0.15) is 0 Å². The maximum atomic E-state index is 3.28. The van der Waals surface area contributed by atoms with Crippen molar-refractivity contribution in [3.63, 3.8) is 0 Å². The number of hydrogen-bond acceptors (Lipinski definition) is 0. The fraction of sp³-hybridized carbons (Fsp3) is 0.750. The van der Waals surface area contributed by atoms with Crippen LogP contribution >= 0.6 is 15.9 Å². The summed E-state index contributed by atoms with van der Waals surface area (Å²) in [5, 5.41) is 2.05. The third-order valence-electron chi connectivity index (χ3n) is 1.26. The van der Waals surface area contributed by atoms with Crippen LogP contribution in [-0.4, -0.2) is 0 Å². The van der Waals surface area contributed by atoms with Gasteiger partial charge in [0.1, 0.15) is 0 Å². The summed E-state index contributed by atoms with van der Waals surface area (Å²) in [6.07, 6.45) is 8.72. The van der Waals surface area contributed by atoms with Crippen molar-refractivity contribution in [2.75, 3.05) is 0 Å². The summed E-state index contributed by atoms with van der Waals surface area (Å²) in [6, 6.07) is 0. The highest BCUT2D eigenvalue weighted by Gasteiger charge is 1.86. The highest BCUT2D eigenvalue weighted by molar-refractivity contribution is 9.10. The van der Waals surface area contributed by atoms with E-state index in [1.165, 1.54) is 32.1 Å². The molecule has 0 aromatic carbocycles. The smallest absolute Gasteiger partial charge is 0.0271 e. The molecule has 54 valence electrons. The molecule has 1 heteroatoms. The zero-order valence-corrected chi connectivity index (χ0v) is 7.65. The van der Waals surface area contributed by atoms with Crippen LogP contribution in [0.2, 0.25) is 0 Å². The van der Waals surface area contributed by atoms with Gasteiger partial charge in [-0.05, 0) is 12.8 Å². The van der Waals surface area contributed by atoms with Crippen molar-refractivity contribution in [3.8, 4) is 0 Å². The Bertz CT molecular complexity index is 37.8. The van der Waals surface area contributed by atoms with E-state index >= 15 is 0 Å². The Hall–Kier alpha value is 0.480. The second-order valence-corrected chi connectivity index (χ2v) is 2.78. The van der Waals surface area contributed by atoms with Crippen molar-refractivity contribution in [2.45, 2.75) is 39.0 Å². The lowest BCUT2D eigenvalue weighted by atomic mass is 10.1. The van der Waals surface area contributed by atoms with Crippen molar-refractivity contribution in [3.05, 3.63) is 11.8 Å². The third-order valence-corrected chi connectivity index (χ3v) is 1.72. The fourth-order valence-electron chi connectivity index (χ4n) is 0.714. The van der Waals surface area contributed by atoms with Crippen LogP contribution in [0.1, 0.15) is 39.0 Å². The van der Waals surface area contributed by atoms with Crippen molar-refractivity contribution in [1.82, 2.24) is 0 Å². The van der Waals surface area contributed by atoms with E-state index in [1.54, 1.807) is 0 Å². The molecule has 0 fully saturated rings. The second kappa shape index (κ2) is 8.48. The minimum absolute atomic E-state index is 1.21. The molecule has 0 bridgehead atoms. The van der Waals surface area contributed by atoms with Crippen LogP contribution in [0, 0.1) is 11.8 Å². The van der Waals surface area contributed by atoms with Crippen LogP contribution in [0.25, 0.3) is 0 Å². The molecule has 0 atom stereocenters. The number of hydrogen-bond donors (Lipinski definition) is 0. The summed E-state index contributed by atoms with van der Waals surface area (Å²) < 4.78 is 0. The Morgan fingerprint density at radius 1 is 1.22 bits per heavy atom. The molecule has 0 unspecified atom stereocenters. The Morgan fingerprint density at radius 3 is 2.44 bits per heavy atom. The van der Waals surface area contributed by atoms with E-state index in [0.29, 0.717) is 0 Å². The summed E-state index contributed by atoms with van der Waals surface area (Å²) in [5.74, 6) is 0. The highest BCUT2D eigenvalue weighted by atomic mass is 79.9. The normalized spacial score (nSPS) is 10.0. The van der Waals surface area contributed by atoms with Gasteiger partial charge in [0.15, 0.2) is 0 Å². The van der Waals surface area contributed by atoms with Gasteiger partial charge in [0, 0.05) is 5.33 Å². The van der Waals surface area contributed by atoms with Crippen LogP contribution in [-0.2, 0) is 0 Å². The van der Waals surface area contributed by atoms with Crippen molar-refractivity contribution >= 4 is 15.9 Å². The van der Waals surface area contributed by atoms with E-state index in [9.17, 15) is 0 Å². The molecule has 0 rings (SSSR count). The van der Waals surface area contributed by atoms with Gasteiger partial charge in [-0.1, -0.05) is 48.5 Å². The first-order chi connectivity index (χ1) is 4.41. The molecule has 0 aliphatic heterocycles. The summed E-state index contributed by atoms with van der Waals surface area (Å²) in [4.78, 5) is 0. The van der Waals surface area contributed by atoms with Gasteiger partial charge < -0.3 is 0 Å². The lowest BCUT2D eigenvalue weighted by Crippen LogP contribution is -1.76. The van der Waals surface area contributed by atoms with Crippen LogP contribution in [0.3, 0.4) is 0 Å². The Balaban J connectivity index is 2.60. The molecule has 0 heterocycles. The average molecular weight is 191 g/mol. The largest absolute Gasteiger partial charge is 0.0879 e. The number of unbranched alkanes of at least 4 members (excludes halogenated alkanes) is 5. The standard InChI is InChI=1S/C8H15Br/c1-2-3-4-5-6-7-8-9/h3,8H,2,4-7H2,1H3. The first-order valence-corrected chi connectivity index (χ1v) is 4.57. The lowest BCUT2D eigenvalue weighted by Gasteiger charge is -1.95.